The molecule has 1 amide bonds. The van der Waals surface area contributed by atoms with Crippen LogP contribution in [0.4, 0.5) is 0 Å². The number of hydrogen-bond acceptors (Lipinski definition) is 5. The molecule has 0 aliphatic rings. The fraction of sp³-hybridized carbons (Fsp3) is 0.862. The molecule has 0 rings (SSSR count). The maximum atomic E-state index is 12.4. The summed E-state index contributed by atoms with van der Waals surface area (Å²) < 4.78 is 5.48. The van der Waals surface area contributed by atoms with E-state index in [2.05, 4.69) is 55.6 Å². The maximum absolute atomic E-state index is 12.4. The molecule has 0 saturated heterocycles. The summed E-state index contributed by atoms with van der Waals surface area (Å²) in [5, 5.41) is 23.2. The smallest absolute Gasteiger partial charge is 0.305 e. The average Bonchev–Trinajstić information content (AvgIpc) is 3.29. The number of rotatable bonds is 52. The molecule has 0 radical (unpaired) electrons. The quantitative estimate of drug-likeness (QED) is 0.0321. The Balaban J connectivity index is 3.42. The molecule has 376 valence electrons. The van der Waals surface area contributed by atoms with Crippen LogP contribution in [0.3, 0.4) is 0 Å². The molecule has 0 spiro atoms. The Morgan fingerprint density at radius 1 is 0.438 bits per heavy atom. The summed E-state index contributed by atoms with van der Waals surface area (Å²) in [5.41, 5.74) is 0. The van der Waals surface area contributed by atoms with Gasteiger partial charge in [0.2, 0.25) is 5.91 Å². The van der Waals surface area contributed by atoms with E-state index in [1.807, 2.05) is 0 Å². The molecule has 2 atom stereocenters. The summed E-state index contributed by atoms with van der Waals surface area (Å²) in [6, 6.07) is -0.548. The predicted octanol–water partition coefficient (Wildman–Crippen LogP) is 17.2. The number of ether oxygens (including phenoxy) is 1. The summed E-state index contributed by atoms with van der Waals surface area (Å²) >= 11 is 0. The van der Waals surface area contributed by atoms with E-state index in [0.29, 0.717) is 25.9 Å². The zero-order chi connectivity index (χ0) is 46.5. The van der Waals surface area contributed by atoms with Gasteiger partial charge >= 0.3 is 5.97 Å². The highest BCUT2D eigenvalue weighted by molar-refractivity contribution is 5.76. The van der Waals surface area contributed by atoms with Gasteiger partial charge in [0.05, 0.1) is 25.4 Å². The zero-order valence-electron chi connectivity index (χ0n) is 42.8. The molecule has 0 bridgehead atoms. The number of nitrogens with one attached hydrogen (secondary N) is 1. The Hall–Kier alpha value is -1.92. The molecular weight excluding hydrogens is 791 g/mol. The topological polar surface area (TPSA) is 95.9 Å². The lowest BCUT2D eigenvalue weighted by molar-refractivity contribution is -0.143. The standard InChI is InChI=1S/C58H109NO5/c1-3-5-7-9-11-13-15-16-17-21-25-28-32-36-40-44-48-52-58(63)64-53-49-45-41-37-33-29-26-23-20-18-19-22-24-27-31-35-39-43-47-51-57(62)59-55(54-60)56(61)50-46-42-38-34-30-14-12-10-8-6-4-2/h11,13,16-19,55-56,60-61H,3-10,12,14-15,20-54H2,1-2H3,(H,59,62)/b13-11-,17-16-,19-18-. The summed E-state index contributed by atoms with van der Waals surface area (Å²) in [6.07, 6.45) is 65.6. The van der Waals surface area contributed by atoms with E-state index in [0.717, 1.165) is 51.4 Å². The molecule has 0 aromatic heterocycles. The molecule has 3 N–H and O–H groups in total. The summed E-state index contributed by atoms with van der Waals surface area (Å²) in [4.78, 5) is 24.5. The van der Waals surface area contributed by atoms with Crippen molar-refractivity contribution in [3.05, 3.63) is 36.5 Å². The molecule has 0 aromatic carbocycles. The SMILES string of the molecule is CCCCC/C=C\C/C=C\CCCCCCCCCC(=O)OCCCCCCCCCC/C=C\CCCCCCCCCC(=O)NC(CO)C(O)CCCCCCCCCCCCC. The molecule has 2 unspecified atom stereocenters. The normalized spacial score (nSPS) is 12.9. The van der Waals surface area contributed by atoms with Gasteiger partial charge in [-0.2, -0.15) is 0 Å². The number of aliphatic hydroxyl groups is 2. The first-order chi connectivity index (χ1) is 31.5. The van der Waals surface area contributed by atoms with Crippen LogP contribution >= 0.6 is 0 Å². The van der Waals surface area contributed by atoms with E-state index in [1.165, 1.54) is 212 Å². The van der Waals surface area contributed by atoms with E-state index in [9.17, 15) is 19.8 Å². The first-order valence-electron chi connectivity index (χ1n) is 28.2. The number of esters is 1. The van der Waals surface area contributed by atoms with Gasteiger partial charge in [-0.25, -0.2) is 0 Å². The highest BCUT2D eigenvalue weighted by atomic mass is 16.5. The fourth-order valence-corrected chi connectivity index (χ4v) is 8.55. The summed E-state index contributed by atoms with van der Waals surface area (Å²) in [6.45, 7) is 4.90. The molecule has 6 nitrogen and oxygen atoms in total. The van der Waals surface area contributed by atoms with Gasteiger partial charge in [0.25, 0.3) is 0 Å². The Bertz CT molecular complexity index is 1040. The van der Waals surface area contributed by atoms with Crippen molar-refractivity contribution in [3.63, 3.8) is 0 Å². The van der Waals surface area contributed by atoms with Crippen LogP contribution in [-0.2, 0) is 14.3 Å². The van der Waals surface area contributed by atoms with Crippen LogP contribution in [-0.4, -0.2) is 47.4 Å². The molecule has 6 heteroatoms. The van der Waals surface area contributed by atoms with Crippen molar-refractivity contribution >= 4 is 11.9 Å². The first-order valence-corrected chi connectivity index (χ1v) is 28.2. The Morgan fingerprint density at radius 3 is 1.23 bits per heavy atom. The minimum Gasteiger partial charge on any atom is -0.466 e. The number of allylic oxidation sites excluding steroid dienone is 6. The van der Waals surface area contributed by atoms with Crippen molar-refractivity contribution in [1.82, 2.24) is 5.32 Å². The van der Waals surface area contributed by atoms with Gasteiger partial charge in [0.15, 0.2) is 0 Å². The average molecular weight is 901 g/mol. The lowest BCUT2D eigenvalue weighted by atomic mass is 10.0. The van der Waals surface area contributed by atoms with Crippen molar-refractivity contribution in [2.24, 2.45) is 0 Å². The van der Waals surface area contributed by atoms with Crippen LogP contribution in [0.15, 0.2) is 36.5 Å². The number of amides is 1. The predicted molar refractivity (Wildman–Crippen MR) is 278 cm³/mol. The second kappa shape index (κ2) is 53.7. The van der Waals surface area contributed by atoms with Crippen LogP contribution < -0.4 is 5.32 Å². The van der Waals surface area contributed by atoms with E-state index in [1.54, 1.807) is 0 Å². The van der Waals surface area contributed by atoms with Crippen molar-refractivity contribution in [3.8, 4) is 0 Å². The maximum Gasteiger partial charge on any atom is 0.305 e. The van der Waals surface area contributed by atoms with Gasteiger partial charge < -0.3 is 20.3 Å². The van der Waals surface area contributed by atoms with Crippen molar-refractivity contribution in [2.75, 3.05) is 13.2 Å². The number of hydrogen-bond donors (Lipinski definition) is 3. The molecule has 0 aromatic rings. The number of unbranched alkanes of at least 4 members (excludes halogenated alkanes) is 35. The third-order valence-corrected chi connectivity index (χ3v) is 12.9. The lowest BCUT2D eigenvalue weighted by Crippen LogP contribution is -2.45. The lowest BCUT2D eigenvalue weighted by Gasteiger charge is -2.22. The molecular formula is C58H109NO5. The number of carbonyl (C=O) groups is 2. The van der Waals surface area contributed by atoms with Crippen LogP contribution in [0.5, 0.6) is 0 Å². The van der Waals surface area contributed by atoms with Gasteiger partial charge in [0, 0.05) is 12.8 Å². The third kappa shape index (κ3) is 49.5. The second-order valence-electron chi connectivity index (χ2n) is 19.3. The molecule has 64 heavy (non-hydrogen) atoms. The van der Waals surface area contributed by atoms with Crippen LogP contribution in [0.25, 0.3) is 0 Å². The number of carbonyl (C=O) groups excluding carboxylic acids is 2. The summed E-state index contributed by atoms with van der Waals surface area (Å²) in [5.74, 6) is -0.0503. The highest BCUT2D eigenvalue weighted by Gasteiger charge is 2.20. The van der Waals surface area contributed by atoms with Gasteiger partial charge in [-0.05, 0) is 83.5 Å². The highest BCUT2D eigenvalue weighted by Crippen LogP contribution is 2.16. The van der Waals surface area contributed by atoms with Crippen molar-refractivity contribution in [1.29, 1.82) is 0 Å². The van der Waals surface area contributed by atoms with Gasteiger partial charge in [-0.3, -0.25) is 9.59 Å². The molecule has 0 heterocycles. The zero-order valence-corrected chi connectivity index (χ0v) is 42.8. The Morgan fingerprint density at radius 2 is 0.781 bits per heavy atom. The van der Waals surface area contributed by atoms with Crippen LogP contribution in [0, 0.1) is 0 Å². The minimum absolute atomic E-state index is 0.00416. The van der Waals surface area contributed by atoms with Gasteiger partial charge in [0.1, 0.15) is 0 Å². The minimum atomic E-state index is -0.669. The monoisotopic (exact) mass is 900 g/mol. The van der Waals surface area contributed by atoms with E-state index in [-0.39, 0.29) is 18.5 Å². The summed E-state index contributed by atoms with van der Waals surface area (Å²) in [7, 11) is 0. The largest absolute Gasteiger partial charge is 0.466 e. The van der Waals surface area contributed by atoms with Gasteiger partial charge in [-0.15, -0.1) is 0 Å². The van der Waals surface area contributed by atoms with Gasteiger partial charge in [-0.1, -0.05) is 237 Å². The Labute approximate surface area is 398 Å². The molecule has 0 saturated carbocycles. The molecule has 0 aliphatic heterocycles. The number of aliphatic hydroxyl groups excluding tert-OH is 2. The molecule has 0 fully saturated rings. The van der Waals surface area contributed by atoms with Crippen LogP contribution in [0.1, 0.15) is 296 Å². The fourth-order valence-electron chi connectivity index (χ4n) is 8.55. The van der Waals surface area contributed by atoms with Crippen molar-refractivity contribution < 1.29 is 24.5 Å². The van der Waals surface area contributed by atoms with E-state index in [4.69, 9.17) is 4.74 Å². The van der Waals surface area contributed by atoms with Crippen molar-refractivity contribution in [2.45, 2.75) is 309 Å². The first kappa shape index (κ1) is 62.1. The van der Waals surface area contributed by atoms with Crippen LogP contribution in [0.2, 0.25) is 0 Å². The second-order valence-corrected chi connectivity index (χ2v) is 19.3. The van der Waals surface area contributed by atoms with E-state index < -0.39 is 12.1 Å². The molecule has 0 aliphatic carbocycles. The Kier molecular flexibility index (Phi) is 52.1. The van der Waals surface area contributed by atoms with E-state index >= 15 is 0 Å². The third-order valence-electron chi connectivity index (χ3n) is 12.9.